The van der Waals surface area contributed by atoms with Crippen LogP contribution in [0.1, 0.15) is 42.6 Å². The van der Waals surface area contributed by atoms with Gasteiger partial charge in [0.1, 0.15) is 11.8 Å². The second-order valence-electron chi connectivity index (χ2n) is 5.74. The summed E-state index contributed by atoms with van der Waals surface area (Å²) in [6.07, 6.45) is 5.35. The van der Waals surface area contributed by atoms with Gasteiger partial charge in [0, 0.05) is 19.3 Å². The van der Waals surface area contributed by atoms with Gasteiger partial charge in [0.15, 0.2) is 0 Å². The summed E-state index contributed by atoms with van der Waals surface area (Å²) in [5.41, 5.74) is 3.17. The lowest BCUT2D eigenvalue weighted by atomic mass is 10.1. The maximum Gasteiger partial charge on any atom is 0.120 e. The molecule has 1 aromatic rings. The third kappa shape index (κ3) is 3.84. The van der Waals surface area contributed by atoms with Gasteiger partial charge in [-0.15, -0.1) is 0 Å². The van der Waals surface area contributed by atoms with E-state index in [9.17, 15) is 0 Å². The smallest absolute Gasteiger partial charge is 0.120 e. The number of hydrogen-bond donors (Lipinski definition) is 1. The molecule has 4 nitrogen and oxygen atoms in total. The minimum Gasteiger partial charge on any atom is -0.340 e. The van der Waals surface area contributed by atoms with Crippen LogP contribution in [0.4, 0.5) is 0 Å². The van der Waals surface area contributed by atoms with E-state index in [4.69, 9.17) is 5.26 Å². The fourth-order valence-electron chi connectivity index (χ4n) is 2.88. The van der Waals surface area contributed by atoms with Crippen molar-refractivity contribution in [3.05, 3.63) is 23.0 Å². The third-order valence-corrected chi connectivity index (χ3v) is 4.35. The summed E-state index contributed by atoms with van der Waals surface area (Å²) in [5, 5.41) is 12.5. The molecule has 1 aromatic heterocycles. The molecule has 0 radical (unpaired) electrons. The van der Waals surface area contributed by atoms with Crippen LogP contribution in [0.25, 0.3) is 0 Å². The molecule has 2 rings (SSSR count). The van der Waals surface area contributed by atoms with Crippen molar-refractivity contribution >= 4 is 0 Å². The highest BCUT2D eigenvalue weighted by Gasteiger charge is 2.10. The average molecular weight is 274 g/mol. The Labute approximate surface area is 122 Å². The van der Waals surface area contributed by atoms with Crippen molar-refractivity contribution in [3.63, 3.8) is 0 Å². The molecule has 0 aromatic carbocycles. The van der Waals surface area contributed by atoms with Crippen LogP contribution in [0, 0.1) is 18.3 Å². The van der Waals surface area contributed by atoms with E-state index in [-0.39, 0.29) is 0 Å². The molecule has 0 spiro atoms. The second kappa shape index (κ2) is 7.47. The zero-order chi connectivity index (χ0) is 14.4. The number of piperidine rings is 1. The van der Waals surface area contributed by atoms with Gasteiger partial charge in [-0.25, -0.2) is 0 Å². The molecule has 2 heterocycles. The largest absolute Gasteiger partial charge is 0.340 e. The summed E-state index contributed by atoms with van der Waals surface area (Å²) in [6, 6.07) is 4.22. The van der Waals surface area contributed by atoms with Crippen LogP contribution in [0.2, 0.25) is 0 Å². The van der Waals surface area contributed by atoms with Gasteiger partial charge in [0.25, 0.3) is 0 Å². The monoisotopic (exact) mass is 274 g/mol. The van der Waals surface area contributed by atoms with Crippen molar-refractivity contribution < 1.29 is 0 Å². The van der Waals surface area contributed by atoms with Crippen LogP contribution in [-0.2, 0) is 13.6 Å². The Morgan fingerprint density at radius 1 is 1.30 bits per heavy atom. The summed E-state index contributed by atoms with van der Waals surface area (Å²) in [6.45, 7) is 7.76. The predicted molar refractivity (Wildman–Crippen MR) is 81.5 cm³/mol. The molecule has 20 heavy (non-hydrogen) atoms. The topological polar surface area (TPSA) is 44.0 Å². The van der Waals surface area contributed by atoms with Gasteiger partial charge in [0.05, 0.1) is 0 Å². The van der Waals surface area contributed by atoms with Crippen LogP contribution in [0.15, 0.2) is 6.07 Å². The van der Waals surface area contributed by atoms with Gasteiger partial charge in [-0.05, 0) is 64.0 Å². The number of nitrogens with zero attached hydrogens (tertiary/aromatic N) is 3. The average Bonchev–Trinajstić information content (AvgIpc) is 2.76. The second-order valence-corrected chi connectivity index (χ2v) is 5.74. The Morgan fingerprint density at radius 2 is 2.05 bits per heavy atom. The van der Waals surface area contributed by atoms with Crippen LogP contribution < -0.4 is 5.32 Å². The molecule has 0 aliphatic carbocycles. The predicted octanol–water partition coefficient (Wildman–Crippen LogP) is 2.17. The molecule has 0 atom stereocenters. The maximum atomic E-state index is 9.01. The van der Waals surface area contributed by atoms with E-state index < -0.39 is 0 Å². The molecule has 4 heteroatoms. The molecule has 1 N–H and O–H groups in total. The van der Waals surface area contributed by atoms with E-state index >= 15 is 0 Å². The molecule has 1 saturated heterocycles. The fraction of sp³-hybridized carbons (Fsp3) is 0.688. The van der Waals surface area contributed by atoms with Gasteiger partial charge >= 0.3 is 0 Å². The lowest BCUT2D eigenvalue weighted by Gasteiger charge is -2.26. The number of likely N-dealkylation sites (tertiary alicyclic amines) is 1. The van der Waals surface area contributed by atoms with Crippen molar-refractivity contribution in [2.75, 3.05) is 26.2 Å². The van der Waals surface area contributed by atoms with Gasteiger partial charge in [-0.2, -0.15) is 5.26 Å². The SMILES string of the molecule is Cc1c(CNCCCN2CCCCC2)cc(C#N)n1C. The summed E-state index contributed by atoms with van der Waals surface area (Å²) >= 11 is 0. The molecule has 1 aliphatic heterocycles. The zero-order valence-corrected chi connectivity index (χ0v) is 12.8. The molecule has 0 saturated carbocycles. The Balaban J connectivity index is 1.67. The normalized spacial score (nSPS) is 16.2. The third-order valence-electron chi connectivity index (χ3n) is 4.35. The van der Waals surface area contributed by atoms with Crippen LogP contribution in [0.5, 0.6) is 0 Å². The minimum absolute atomic E-state index is 0.743. The van der Waals surface area contributed by atoms with E-state index in [2.05, 4.69) is 23.2 Å². The van der Waals surface area contributed by atoms with Crippen molar-refractivity contribution in [2.24, 2.45) is 7.05 Å². The summed E-state index contributed by atoms with van der Waals surface area (Å²) in [5.74, 6) is 0. The highest BCUT2D eigenvalue weighted by atomic mass is 15.1. The molecule has 1 aliphatic rings. The van der Waals surface area contributed by atoms with Gasteiger partial charge in [-0.1, -0.05) is 6.42 Å². The minimum atomic E-state index is 0.743. The summed E-state index contributed by atoms with van der Waals surface area (Å²) in [4.78, 5) is 2.58. The molecule has 0 bridgehead atoms. The molecule has 110 valence electrons. The number of rotatable bonds is 6. The molecule has 0 unspecified atom stereocenters. The first-order chi connectivity index (χ1) is 9.72. The number of aromatic nitrogens is 1. The highest BCUT2D eigenvalue weighted by molar-refractivity contribution is 5.33. The lowest BCUT2D eigenvalue weighted by molar-refractivity contribution is 0.225. The van der Waals surface area contributed by atoms with Crippen LogP contribution in [0.3, 0.4) is 0 Å². The van der Waals surface area contributed by atoms with E-state index in [0.717, 1.165) is 18.8 Å². The zero-order valence-electron chi connectivity index (χ0n) is 12.8. The van der Waals surface area contributed by atoms with Crippen LogP contribution >= 0.6 is 0 Å². The standard InChI is InChI=1S/C16H26N4/c1-14-15(11-16(12-17)19(14)2)13-18-7-6-10-20-8-4-3-5-9-20/h11,18H,3-10,13H2,1-2H3. The molecular formula is C16H26N4. The highest BCUT2D eigenvalue weighted by Crippen LogP contribution is 2.13. The van der Waals surface area contributed by atoms with E-state index in [0.29, 0.717) is 0 Å². The van der Waals surface area contributed by atoms with Gasteiger partial charge in [-0.3, -0.25) is 0 Å². The Bertz CT molecular complexity index is 464. The Kier molecular flexibility index (Phi) is 5.63. The molecule has 0 amide bonds. The Morgan fingerprint density at radius 3 is 2.70 bits per heavy atom. The van der Waals surface area contributed by atoms with E-state index in [1.807, 2.05) is 17.7 Å². The molecular weight excluding hydrogens is 248 g/mol. The number of hydrogen-bond acceptors (Lipinski definition) is 3. The Hall–Kier alpha value is -1.31. The fourth-order valence-corrected chi connectivity index (χ4v) is 2.88. The van der Waals surface area contributed by atoms with Gasteiger partial charge < -0.3 is 14.8 Å². The van der Waals surface area contributed by atoms with E-state index in [1.54, 1.807) is 0 Å². The first kappa shape index (κ1) is 15.1. The summed E-state index contributed by atoms with van der Waals surface area (Å²) < 4.78 is 1.96. The lowest BCUT2D eigenvalue weighted by Crippen LogP contribution is -2.32. The van der Waals surface area contributed by atoms with Crippen LogP contribution in [-0.4, -0.2) is 35.6 Å². The van der Waals surface area contributed by atoms with Crippen molar-refractivity contribution in [1.82, 2.24) is 14.8 Å². The van der Waals surface area contributed by atoms with E-state index in [1.165, 1.54) is 56.6 Å². The summed E-state index contributed by atoms with van der Waals surface area (Å²) in [7, 11) is 1.95. The van der Waals surface area contributed by atoms with Crippen molar-refractivity contribution in [3.8, 4) is 6.07 Å². The quantitative estimate of drug-likeness (QED) is 0.809. The van der Waals surface area contributed by atoms with Crippen molar-refractivity contribution in [2.45, 2.75) is 39.2 Å². The first-order valence-corrected chi connectivity index (χ1v) is 7.70. The number of nitriles is 1. The number of nitrogens with one attached hydrogen (secondary N) is 1. The first-order valence-electron chi connectivity index (χ1n) is 7.70. The van der Waals surface area contributed by atoms with Gasteiger partial charge in [0.2, 0.25) is 0 Å². The molecule has 1 fully saturated rings. The maximum absolute atomic E-state index is 9.01. The van der Waals surface area contributed by atoms with Crippen molar-refractivity contribution in [1.29, 1.82) is 5.26 Å².